The van der Waals surface area contributed by atoms with Crippen molar-refractivity contribution >= 4 is 25.6 Å². The van der Waals surface area contributed by atoms with Crippen molar-refractivity contribution in [3.8, 4) is 0 Å². The van der Waals surface area contributed by atoms with Crippen molar-refractivity contribution in [2.45, 2.75) is 30.7 Å². The van der Waals surface area contributed by atoms with E-state index in [2.05, 4.69) is 5.32 Å². The van der Waals surface area contributed by atoms with Gasteiger partial charge in [-0.05, 0) is 37.5 Å². The topological polar surface area (TPSA) is 72.5 Å². The predicted molar refractivity (Wildman–Crippen MR) is 79.6 cm³/mol. The molecule has 1 N–H and O–H groups in total. The van der Waals surface area contributed by atoms with Crippen molar-refractivity contribution in [3.05, 3.63) is 29.8 Å². The summed E-state index contributed by atoms with van der Waals surface area (Å²) in [5, 5.41) is 2.92. The van der Waals surface area contributed by atoms with E-state index >= 15 is 0 Å². The first-order valence-corrected chi connectivity index (χ1v) is 9.11. The fourth-order valence-corrected chi connectivity index (χ4v) is 3.05. The summed E-state index contributed by atoms with van der Waals surface area (Å²) >= 11 is 0. The average Bonchev–Trinajstić information content (AvgIpc) is 2.47. The molecular formula is C14H18ClNO4S. The van der Waals surface area contributed by atoms with Gasteiger partial charge in [0, 0.05) is 17.3 Å². The van der Waals surface area contributed by atoms with Crippen LogP contribution >= 0.6 is 10.7 Å². The molecule has 0 aromatic heterocycles. The smallest absolute Gasteiger partial charge is 0.261 e. The van der Waals surface area contributed by atoms with Crippen LogP contribution in [0.25, 0.3) is 0 Å². The summed E-state index contributed by atoms with van der Waals surface area (Å²) in [4.78, 5) is 12.1. The summed E-state index contributed by atoms with van der Waals surface area (Å²) in [7, 11) is 1.55. The van der Waals surface area contributed by atoms with Crippen LogP contribution in [0, 0.1) is 5.92 Å². The Kier molecular flexibility index (Phi) is 5.24. The van der Waals surface area contributed by atoms with Gasteiger partial charge < -0.3 is 10.1 Å². The predicted octanol–water partition coefficient (Wildman–Crippen LogP) is 2.22. The largest absolute Gasteiger partial charge is 0.381 e. The summed E-state index contributed by atoms with van der Waals surface area (Å²) < 4.78 is 27.7. The number of halogens is 1. The normalized spacial score (nSPS) is 20.8. The molecule has 116 valence electrons. The van der Waals surface area contributed by atoms with Crippen LogP contribution in [0.15, 0.2) is 29.2 Å². The Morgan fingerprint density at radius 1 is 1.38 bits per heavy atom. The Balaban J connectivity index is 1.99. The standard InChI is InChI=1S/C14H18ClNO4S/c1-10(16-14(17)12-3-2-8-20-9-12)11-4-6-13(7-5-11)21(15,18)19/h4-7,10,12H,2-3,8-9H2,1H3,(H,16,17). The highest BCUT2D eigenvalue weighted by atomic mass is 35.7. The maximum Gasteiger partial charge on any atom is 0.261 e. The molecule has 1 aliphatic rings. The van der Waals surface area contributed by atoms with Gasteiger partial charge in [0.05, 0.1) is 23.5 Å². The molecule has 0 radical (unpaired) electrons. The number of hydrogen-bond acceptors (Lipinski definition) is 4. The maximum atomic E-state index is 12.1. The molecule has 1 aromatic rings. The minimum atomic E-state index is -3.72. The van der Waals surface area contributed by atoms with E-state index in [0.29, 0.717) is 13.2 Å². The highest BCUT2D eigenvalue weighted by molar-refractivity contribution is 8.13. The summed E-state index contributed by atoms with van der Waals surface area (Å²) in [6.07, 6.45) is 1.73. The van der Waals surface area contributed by atoms with E-state index in [9.17, 15) is 13.2 Å². The first-order valence-electron chi connectivity index (χ1n) is 6.80. The summed E-state index contributed by atoms with van der Waals surface area (Å²) in [6.45, 7) is 3.03. The Morgan fingerprint density at radius 2 is 2.05 bits per heavy atom. The van der Waals surface area contributed by atoms with Gasteiger partial charge in [0.1, 0.15) is 0 Å². The minimum absolute atomic E-state index is 0.0313. The highest BCUT2D eigenvalue weighted by Crippen LogP contribution is 2.20. The van der Waals surface area contributed by atoms with Gasteiger partial charge in [-0.15, -0.1) is 0 Å². The second kappa shape index (κ2) is 6.77. The van der Waals surface area contributed by atoms with Crippen molar-refractivity contribution in [3.63, 3.8) is 0 Å². The molecule has 5 nitrogen and oxygen atoms in total. The molecule has 1 heterocycles. The molecule has 21 heavy (non-hydrogen) atoms. The third-order valence-corrected chi connectivity index (χ3v) is 4.92. The summed E-state index contributed by atoms with van der Waals surface area (Å²) in [6, 6.07) is 5.97. The molecule has 7 heteroatoms. The molecule has 0 aliphatic carbocycles. The van der Waals surface area contributed by atoms with Crippen molar-refractivity contribution in [2.75, 3.05) is 13.2 Å². The van der Waals surface area contributed by atoms with Crippen LogP contribution in [0.3, 0.4) is 0 Å². The van der Waals surface area contributed by atoms with Crippen LogP contribution in [0.4, 0.5) is 0 Å². The van der Waals surface area contributed by atoms with E-state index in [1.165, 1.54) is 12.1 Å². The lowest BCUT2D eigenvalue weighted by Crippen LogP contribution is -2.36. The number of benzene rings is 1. The van der Waals surface area contributed by atoms with Crippen molar-refractivity contribution < 1.29 is 17.9 Å². The molecule has 1 saturated heterocycles. The Morgan fingerprint density at radius 3 is 2.57 bits per heavy atom. The van der Waals surface area contributed by atoms with Crippen LogP contribution in [0.5, 0.6) is 0 Å². The van der Waals surface area contributed by atoms with E-state index in [1.807, 2.05) is 6.92 Å². The zero-order chi connectivity index (χ0) is 15.5. The van der Waals surface area contributed by atoms with Crippen molar-refractivity contribution in [2.24, 2.45) is 5.92 Å². The molecular weight excluding hydrogens is 314 g/mol. The first-order chi connectivity index (χ1) is 9.88. The van der Waals surface area contributed by atoms with E-state index in [0.717, 1.165) is 18.4 Å². The molecule has 0 bridgehead atoms. The van der Waals surface area contributed by atoms with E-state index in [-0.39, 0.29) is 22.8 Å². The maximum absolute atomic E-state index is 12.1. The lowest BCUT2D eigenvalue weighted by molar-refractivity contribution is -0.129. The second-order valence-electron chi connectivity index (χ2n) is 5.15. The number of carbonyl (C=O) groups excluding carboxylic acids is 1. The van der Waals surface area contributed by atoms with Gasteiger partial charge in [-0.25, -0.2) is 8.42 Å². The number of carbonyl (C=O) groups is 1. The van der Waals surface area contributed by atoms with Crippen LogP contribution in [-0.4, -0.2) is 27.5 Å². The molecule has 0 spiro atoms. The zero-order valence-corrected chi connectivity index (χ0v) is 13.3. The third-order valence-electron chi connectivity index (χ3n) is 3.55. The van der Waals surface area contributed by atoms with Gasteiger partial charge in [0.15, 0.2) is 0 Å². The van der Waals surface area contributed by atoms with Crippen LogP contribution in [-0.2, 0) is 18.6 Å². The zero-order valence-electron chi connectivity index (χ0n) is 11.7. The van der Waals surface area contributed by atoms with E-state index < -0.39 is 9.05 Å². The Hall–Kier alpha value is -1.11. The summed E-state index contributed by atoms with van der Waals surface area (Å²) in [5.41, 5.74) is 0.823. The Bertz CT molecular complexity index is 594. The van der Waals surface area contributed by atoms with E-state index in [1.54, 1.807) is 12.1 Å². The Labute approximate surface area is 129 Å². The van der Waals surface area contributed by atoms with Crippen molar-refractivity contribution in [1.82, 2.24) is 5.32 Å². The molecule has 2 rings (SSSR count). The van der Waals surface area contributed by atoms with Gasteiger partial charge in [-0.1, -0.05) is 12.1 Å². The summed E-state index contributed by atoms with van der Waals surface area (Å²) in [5.74, 6) is -0.139. The monoisotopic (exact) mass is 331 g/mol. The first kappa shape index (κ1) is 16.3. The van der Waals surface area contributed by atoms with Crippen molar-refractivity contribution in [1.29, 1.82) is 0 Å². The minimum Gasteiger partial charge on any atom is -0.381 e. The van der Waals surface area contributed by atoms with Gasteiger partial charge in [-0.3, -0.25) is 4.79 Å². The SMILES string of the molecule is CC(NC(=O)C1CCCOC1)c1ccc(S(=O)(=O)Cl)cc1. The van der Waals surface area contributed by atoms with Gasteiger partial charge >= 0.3 is 0 Å². The average molecular weight is 332 g/mol. The molecule has 1 aromatic carbocycles. The number of rotatable bonds is 4. The van der Waals surface area contributed by atoms with Crippen LogP contribution < -0.4 is 5.32 Å². The lowest BCUT2D eigenvalue weighted by Gasteiger charge is -2.23. The number of amides is 1. The number of hydrogen-bond donors (Lipinski definition) is 1. The molecule has 0 saturated carbocycles. The molecule has 1 fully saturated rings. The highest BCUT2D eigenvalue weighted by Gasteiger charge is 2.23. The quantitative estimate of drug-likeness (QED) is 0.859. The number of nitrogens with one attached hydrogen (secondary N) is 1. The third kappa shape index (κ3) is 4.43. The van der Waals surface area contributed by atoms with Gasteiger partial charge in [0.25, 0.3) is 9.05 Å². The second-order valence-corrected chi connectivity index (χ2v) is 7.72. The number of ether oxygens (including phenoxy) is 1. The van der Waals surface area contributed by atoms with Crippen LogP contribution in [0.2, 0.25) is 0 Å². The van der Waals surface area contributed by atoms with Gasteiger partial charge in [-0.2, -0.15) is 0 Å². The fourth-order valence-electron chi connectivity index (χ4n) is 2.28. The van der Waals surface area contributed by atoms with E-state index in [4.69, 9.17) is 15.4 Å². The molecule has 2 unspecified atom stereocenters. The molecule has 1 aliphatic heterocycles. The van der Waals surface area contributed by atoms with Gasteiger partial charge in [0.2, 0.25) is 5.91 Å². The lowest BCUT2D eigenvalue weighted by atomic mass is 10.0. The molecule has 1 amide bonds. The molecule has 2 atom stereocenters. The fraction of sp³-hybridized carbons (Fsp3) is 0.500. The van der Waals surface area contributed by atoms with Crippen LogP contribution in [0.1, 0.15) is 31.4 Å².